The molecule has 1 atom stereocenters. The summed E-state index contributed by atoms with van der Waals surface area (Å²) in [5, 5.41) is 6.86. The number of morpholine rings is 1. The van der Waals surface area contributed by atoms with Crippen molar-refractivity contribution < 1.29 is 4.74 Å². The van der Waals surface area contributed by atoms with E-state index in [1.165, 1.54) is 45.6 Å². The number of nitrogens with one attached hydrogen (secondary N) is 2. The summed E-state index contributed by atoms with van der Waals surface area (Å²) in [4.78, 5) is 12.2. The van der Waals surface area contributed by atoms with Gasteiger partial charge in [-0.1, -0.05) is 0 Å². The Morgan fingerprint density at radius 1 is 1.04 bits per heavy atom. The van der Waals surface area contributed by atoms with Crippen LogP contribution in [0.15, 0.2) is 4.99 Å². The van der Waals surface area contributed by atoms with Crippen molar-refractivity contribution in [1.29, 1.82) is 0 Å². The molecule has 2 rings (SSSR count). The molecular weight excluding hydrogens is 328 g/mol. The van der Waals surface area contributed by atoms with Crippen LogP contribution in [0.5, 0.6) is 0 Å². The second-order valence-electron chi connectivity index (χ2n) is 7.50. The average Bonchev–Trinajstić information content (AvgIpc) is 2.67. The summed E-state index contributed by atoms with van der Waals surface area (Å²) in [7, 11) is 2.21. The summed E-state index contributed by atoms with van der Waals surface area (Å²) in [5.74, 6) is 0.951. The topological polar surface area (TPSA) is 55.4 Å². The van der Waals surface area contributed by atoms with Gasteiger partial charge in [-0.2, -0.15) is 0 Å². The molecule has 0 radical (unpaired) electrons. The Balaban J connectivity index is 1.60. The van der Waals surface area contributed by atoms with Crippen LogP contribution in [0.25, 0.3) is 0 Å². The van der Waals surface area contributed by atoms with Crippen molar-refractivity contribution in [2.75, 3.05) is 85.7 Å². The van der Waals surface area contributed by atoms with Gasteiger partial charge in [0.1, 0.15) is 0 Å². The van der Waals surface area contributed by atoms with E-state index in [-0.39, 0.29) is 0 Å². The van der Waals surface area contributed by atoms with Crippen LogP contribution in [-0.4, -0.2) is 112 Å². The standard InChI is InChI=1S/C19H40N6O/c1-4-20-19(22-17-18(2)25-13-15-26-16-14-25)21-7-5-6-8-24-11-9-23(3)10-12-24/h18H,4-17H2,1-3H3,(H2,20,21,22). The number of aliphatic imine (C=N–C) groups is 1. The second-order valence-corrected chi connectivity index (χ2v) is 7.50. The smallest absolute Gasteiger partial charge is 0.191 e. The van der Waals surface area contributed by atoms with Gasteiger partial charge in [0, 0.05) is 58.4 Å². The molecule has 2 heterocycles. The van der Waals surface area contributed by atoms with Crippen molar-refractivity contribution >= 4 is 5.96 Å². The first kappa shape index (κ1) is 21.4. The average molecular weight is 369 g/mol. The van der Waals surface area contributed by atoms with Gasteiger partial charge in [0.15, 0.2) is 5.96 Å². The molecule has 7 nitrogen and oxygen atoms in total. The second kappa shape index (κ2) is 12.5. The summed E-state index contributed by atoms with van der Waals surface area (Å²) < 4.78 is 5.43. The molecule has 7 heteroatoms. The number of likely N-dealkylation sites (N-methyl/N-ethyl adjacent to an activating group) is 1. The Kier molecular flexibility index (Phi) is 10.3. The molecule has 2 aliphatic heterocycles. The van der Waals surface area contributed by atoms with Crippen LogP contribution in [0.4, 0.5) is 0 Å². The third kappa shape index (κ3) is 8.20. The highest BCUT2D eigenvalue weighted by molar-refractivity contribution is 5.79. The summed E-state index contributed by atoms with van der Waals surface area (Å²) in [6, 6.07) is 0.464. The van der Waals surface area contributed by atoms with Gasteiger partial charge in [0.25, 0.3) is 0 Å². The minimum atomic E-state index is 0.464. The molecule has 0 spiro atoms. The molecule has 0 aromatic rings. The van der Waals surface area contributed by atoms with Gasteiger partial charge in [0.05, 0.1) is 19.8 Å². The van der Waals surface area contributed by atoms with Gasteiger partial charge < -0.3 is 25.2 Å². The number of ether oxygens (including phenoxy) is 1. The van der Waals surface area contributed by atoms with E-state index in [9.17, 15) is 0 Å². The van der Waals surface area contributed by atoms with Gasteiger partial charge in [-0.25, -0.2) is 0 Å². The normalized spacial score (nSPS) is 22.3. The molecule has 0 aromatic carbocycles. The fourth-order valence-corrected chi connectivity index (χ4v) is 3.44. The first-order valence-corrected chi connectivity index (χ1v) is 10.4. The highest BCUT2D eigenvalue weighted by Crippen LogP contribution is 2.04. The lowest BCUT2D eigenvalue weighted by atomic mass is 10.2. The third-order valence-corrected chi connectivity index (χ3v) is 5.32. The highest BCUT2D eigenvalue weighted by atomic mass is 16.5. The summed E-state index contributed by atoms with van der Waals surface area (Å²) in [6.07, 6.45) is 2.44. The summed E-state index contributed by atoms with van der Waals surface area (Å²) in [6.45, 7) is 16.9. The van der Waals surface area contributed by atoms with E-state index in [4.69, 9.17) is 9.73 Å². The first-order valence-electron chi connectivity index (χ1n) is 10.4. The number of guanidine groups is 1. The van der Waals surface area contributed by atoms with E-state index in [1.54, 1.807) is 0 Å². The van der Waals surface area contributed by atoms with Crippen LogP contribution in [0.2, 0.25) is 0 Å². The van der Waals surface area contributed by atoms with Gasteiger partial charge in [-0.15, -0.1) is 0 Å². The van der Waals surface area contributed by atoms with E-state index < -0.39 is 0 Å². The number of hydrogen-bond acceptors (Lipinski definition) is 5. The molecule has 0 saturated carbocycles. The number of nitrogens with zero attached hydrogens (tertiary/aromatic N) is 4. The first-order chi connectivity index (χ1) is 12.7. The lowest BCUT2D eigenvalue weighted by Gasteiger charge is -2.32. The number of piperazine rings is 1. The molecule has 2 N–H and O–H groups in total. The van der Waals surface area contributed by atoms with Gasteiger partial charge >= 0.3 is 0 Å². The van der Waals surface area contributed by atoms with Crippen LogP contribution in [0.3, 0.4) is 0 Å². The van der Waals surface area contributed by atoms with E-state index in [1.807, 2.05) is 0 Å². The Labute approximate surface area is 160 Å². The molecule has 152 valence electrons. The van der Waals surface area contributed by atoms with Gasteiger partial charge in [-0.3, -0.25) is 9.89 Å². The van der Waals surface area contributed by atoms with Crippen molar-refractivity contribution in [1.82, 2.24) is 25.3 Å². The Morgan fingerprint density at radius 3 is 2.46 bits per heavy atom. The lowest BCUT2D eigenvalue weighted by molar-refractivity contribution is 0.0220. The monoisotopic (exact) mass is 368 g/mol. The zero-order valence-corrected chi connectivity index (χ0v) is 17.2. The van der Waals surface area contributed by atoms with Crippen LogP contribution >= 0.6 is 0 Å². The lowest BCUT2D eigenvalue weighted by Crippen LogP contribution is -2.45. The molecule has 0 aromatic heterocycles. The maximum atomic E-state index is 5.43. The minimum absolute atomic E-state index is 0.464. The quantitative estimate of drug-likeness (QED) is 0.347. The van der Waals surface area contributed by atoms with Crippen LogP contribution in [0.1, 0.15) is 26.7 Å². The number of unbranched alkanes of at least 4 members (excludes halogenated alkanes) is 1. The molecule has 1 unspecified atom stereocenters. The van der Waals surface area contributed by atoms with Crippen LogP contribution in [0, 0.1) is 0 Å². The zero-order valence-electron chi connectivity index (χ0n) is 17.2. The largest absolute Gasteiger partial charge is 0.379 e. The van der Waals surface area contributed by atoms with E-state index in [2.05, 4.69) is 46.2 Å². The van der Waals surface area contributed by atoms with Crippen LogP contribution < -0.4 is 10.6 Å². The molecule has 0 amide bonds. The maximum Gasteiger partial charge on any atom is 0.191 e. The van der Waals surface area contributed by atoms with Crippen molar-refractivity contribution in [3.05, 3.63) is 0 Å². The molecule has 2 fully saturated rings. The number of rotatable bonds is 9. The van der Waals surface area contributed by atoms with E-state index in [0.29, 0.717) is 6.04 Å². The summed E-state index contributed by atoms with van der Waals surface area (Å²) in [5.41, 5.74) is 0. The SMILES string of the molecule is CCNC(=NCC(C)N1CCOCC1)NCCCCN1CCN(C)CC1. The Bertz CT molecular complexity index is 391. The molecular formula is C19H40N6O. The van der Waals surface area contributed by atoms with Crippen molar-refractivity contribution in [3.8, 4) is 0 Å². The maximum absolute atomic E-state index is 5.43. The van der Waals surface area contributed by atoms with Gasteiger partial charge in [0.2, 0.25) is 0 Å². The summed E-state index contributed by atoms with van der Waals surface area (Å²) >= 11 is 0. The predicted molar refractivity (Wildman–Crippen MR) is 109 cm³/mol. The van der Waals surface area contributed by atoms with Crippen molar-refractivity contribution in [2.45, 2.75) is 32.7 Å². The third-order valence-electron chi connectivity index (χ3n) is 5.32. The fraction of sp³-hybridized carbons (Fsp3) is 0.947. The molecule has 26 heavy (non-hydrogen) atoms. The molecule has 0 bridgehead atoms. The predicted octanol–water partition coefficient (Wildman–Crippen LogP) is 0.290. The molecule has 0 aliphatic carbocycles. The van der Waals surface area contributed by atoms with Crippen molar-refractivity contribution in [3.63, 3.8) is 0 Å². The van der Waals surface area contributed by atoms with E-state index >= 15 is 0 Å². The molecule has 2 aliphatic rings. The molecule has 2 saturated heterocycles. The minimum Gasteiger partial charge on any atom is -0.379 e. The Morgan fingerprint density at radius 2 is 1.77 bits per heavy atom. The Hall–Kier alpha value is -0.890. The van der Waals surface area contributed by atoms with E-state index in [0.717, 1.165) is 51.9 Å². The highest BCUT2D eigenvalue weighted by Gasteiger charge is 2.16. The van der Waals surface area contributed by atoms with Crippen LogP contribution in [-0.2, 0) is 4.74 Å². The number of hydrogen-bond donors (Lipinski definition) is 2. The fourth-order valence-electron chi connectivity index (χ4n) is 3.44. The zero-order chi connectivity index (χ0) is 18.6. The van der Waals surface area contributed by atoms with Gasteiger partial charge in [-0.05, 0) is 40.3 Å². The van der Waals surface area contributed by atoms with Crippen molar-refractivity contribution in [2.24, 2.45) is 4.99 Å².